The summed E-state index contributed by atoms with van der Waals surface area (Å²) in [5.74, 6) is -0.216. The number of nitrogens with zero attached hydrogens (tertiary/aromatic N) is 3. The minimum absolute atomic E-state index is 0.0556. The molecule has 0 bridgehead atoms. The van der Waals surface area contributed by atoms with Gasteiger partial charge in [-0.1, -0.05) is 26.0 Å². The Kier molecular flexibility index (Phi) is 6.02. The molecule has 150 valence electrons. The number of aromatic carboxylic acids is 1. The summed E-state index contributed by atoms with van der Waals surface area (Å²) in [5, 5.41) is 13.9. The Bertz CT molecular complexity index is 857. The number of carbonyl (C=O) groups excluding carboxylic acids is 1. The third kappa shape index (κ3) is 4.03. The lowest BCUT2D eigenvalue weighted by molar-refractivity contribution is -0.136. The van der Waals surface area contributed by atoms with Crippen LogP contribution in [0.4, 0.5) is 0 Å². The maximum atomic E-state index is 12.5. The molecule has 1 amide bonds. The number of hydrogen-bond acceptors (Lipinski definition) is 4. The lowest BCUT2D eigenvalue weighted by Gasteiger charge is -2.29. The quantitative estimate of drug-likeness (QED) is 0.792. The Morgan fingerprint density at radius 3 is 2.61 bits per heavy atom. The van der Waals surface area contributed by atoms with Crippen molar-refractivity contribution < 1.29 is 19.4 Å². The van der Waals surface area contributed by atoms with E-state index >= 15 is 0 Å². The number of rotatable bonds is 7. The second kappa shape index (κ2) is 8.46. The van der Waals surface area contributed by atoms with Crippen molar-refractivity contribution in [3.05, 3.63) is 46.8 Å². The van der Waals surface area contributed by atoms with Gasteiger partial charge in [0.2, 0.25) is 5.91 Å². The maximum absolute atomic E-state index is 12.5. The fraction of sp³-hybridized carbons (Fsp3) is 0.476. The molecule has 0 saturated heterocycles. The molecule has 1 atom stereocenters. The molecule has 1 N–H and O–H groups in total. The van der Waals surface area contributed by atoms with Crippen LogP contribution in [0.2, 0.25) is 0 Å². The summed E-state index contributed by atoms with van der Waals surface area (Å²) in [7, 11) is 1.63. The summed E-state index contributed by atoms with van der Waals surface area (Å²) < 4.78 is 6.97. The Hall–Kier alpha value is -2.83. The van der Waals surface area contributed by atoms with Crippen molar-refractivity contribution in [1.82, 2.24) is 14.7 Å². The molecule has 0 saturated carbocycles. The second-order valence-corrected chi connectivity index (χ2v) is 7.22. The highest BCUT2D eigenvalue weighted by atomic mass is 16.5. The van der Waals surface area contributed by atoms with Gasteiger partial charge in [0.05, 0.1) is 7.11 Å². The molecule has 1 aromatic heterocycles. The Balaban J connectivity index is 1.79. The Morgan fingerprint density at radius 2 is 2.00 bits per heavy atom. The van der Waals surface area contributed by atoms with E-state index in [2.05, 4.69) is 5.10 Å². The van der Waals surface area contributed by atoms with Crippen molar-refractivity contribution in [2.75, 3.05) is 13.7 Å². The van der Waals surface area contributed by atoms with Gasteiger partial charge in [-0.25, -0.2) is 4.79 Å². The molecule has 1 aromatic carbocycles. The first-order chi connectivity index (χ1) is 13.4. The SMILES string of the molecule is CC[C@@H](C)C(=O)N1CCc2c(c(C(=O)O)nn2CCc2ccc(OC)cc2)C1. The molecule has 0 unspecified atom stereocenters. The van der Waals surface area contributed by atoms with E-state index in [9.17, 15) is 14.7 Å². The summed E-state index contributed by atoms with van der Waals surface area (Å²) in [6.45, 7) is 5.42. The maximum Gasteiger partial charge on any atom is 0.356 e. The highest BCUT2D eigenvalue weighted by Gasteiger charge is 2.31. The molecule has 2 aromatic rings. The third-order valence-corrected chi connectivity index (χ3v) is 5.45. The van der Waals surface area contributed by atoms with Crippen molar-refractivity contribution in [2.24, 2.45) is 5.92 Å². The van der Waals surface area contributed by atoms with Crippen LogP contribution in [0.5, 0.6) is 5.75 Å². The molecule has 0 fully saturated rings. The molecule has 7 nitrogen and oxygen atoms in total. The number of ether oxygens (including phenoxy) is 1. The van der Waals surface area contributed by atoms with Crippen molar-refractivity contribution in [2.45, 2.75) is 46.2 Å². The van der Waals surface area contributed by atoms with Crippen LogP contribution in [-0.2, 0) is 30.7 Å². The van der Waals surface area contributed by atoms with E-state index in [1.807, 2.05) is 38.1 Å². The van der Waals surface area contributed by atoms with E-state index in [-0.39, 0.29) is 17.5 Å². The first-order valence-electron chi connectivity index (χ1n) is 9.68. The molecule has 28 heavy (non-hydrogen) atoms. The Morgan fingerprint density at radius 1 is 1.29 bits per heavy atom. The van der Waals surface area contributed by atoms with Gasteiger partial charge in [-0.2, -0.15) is 5.10 Å². The van der Waals surface area contributed by atoms with E-state index in [4.69, 9.17) is 4.74 Å². The molecule has 0 aliphatic carbocycles. The lowest BCUT2D eigenvalue weighted by Crippen LogP contribution is -2.39. The van der Waals surface area contributed by atoms with Crippen molar-refractivity contribution in [3.63, 3.8) is 0 Å². The van der Waals surface area contributed by atoms with Crippen molar-refractivity contribution >= 4 is 11.9 Å². The number of carbonyl (C=O) groups is 2. The molecule has 3 rings (SSSR count). The number of aryl methyl sites for hydroxylation is 2. The van der Waals surface area contributed by atoms with E-state index in [1.165, 1.54) is 0 Å². The molecule has 2 heterocycles. The van der Waals surface area contributed by atoms with Gasteiger partial charge in [0, 0.05) is 43.2 Å². The van der Waals surface area contributed by atoms with Crippen LogP contribution in [0.3, 0.4) is 0 Å². The number of carboxylic acids is 1. The smallest absolute Gasteiger partial charge is 0.356 e. The lowest BCUT2D eigenvalue weighted by atomic mass is 10.0. The van der Waals surface area contributed by atoms with Crippen LogP contribution in [0.1, 0.15) is 47.6 Å². The van der Waals surface area contributed by atoms with Crippen LogP contribution in [0, 0.1) is 5.92 Å². The number of hydrogen-bond donors (Lipinski definition) is 1. The zero-order valence-electron chi connectivity index (χ0n) is 16.6. The van der Waals surface area contributed by atoms with Crippen molar-refractivity contribution in [3.8, 4) is 5.75 Å². The van der Waals surface area contributed by atoms with E-state index < -0.39 is 5.97 Å². The summed E-state index contributed by atoms with van der Waals surface area (Å²) in [5.41, 5.74) is 2.79. The first-order valence-corrected chi connectivity index (χ1v) is 9.68. The van der Waals surface area contributed by atoms with Gasteiger partial charge in [-0.3, -0.25) is 9.48 Å². The predicted octanol–water partition coefficient (Wildman–Crippen LogP) is 2.76. The summed E-state index contributed by atoms with van der Waals surface area (Å²) in [4.78, 5) is 26.0. The minimum atomic E-state index is -1.04. The standard InChI is InChI=1S/C21H27N3O4/c1-4-14(2)20(25)23-11-10-18-17(13-23)19(21(26)27)22-24(18)12-9-15-5-7-16(28-3)8-6-15/h5-8,14H,4,9-13H2,1-3H3,(H,26,27)/t14-/m1/s1. The van der Waals surface area contributed by atoms with Crippen molar-refractivity contribution in [1.29, 1.82) is 0 Å². The predicted molar refractivity (Wildman–Crippen MR) is 104 cm³/mol. The number of aromatic nitrogens is 2. The fourth-order valence-corrected chi connectivity index (χ4v) is 3.55. The summed E-state index contributed by atoms with van der Waals surface area (Å²) in [6.07, 6.45) is 2.14. The number of benzene rings is 1. The van der Waals surface area contributed by atoms with Crippen LogP contribution >= 0.6 is 0 Å². The molecule has 0 spiro atoms. The average molecular weight is 385 g/mol. The highest BCUT2D eigenvalue weighted by molar-refractivity contribution is 5.88. The van der Waals surface area contributed by atoms with E-state index in [0.29, 0.717) is 31.6 Å². The molecular formula is C21H27N3O4. The largest absolute Gasteiger partial charge is 0.497 e. The van der Waals surface area contributed by atoms with Gasteiger partial charge in [0.1, 0.15) is 5.75 Å². The Labute approximate surface area is 164 Å². The normalized spacial score (nSPS) is 14.5. The zero-order chi connectivity index (χ0) is 20.3. The van der Waals surface area contributed by atoms with Gasteiger partial charge in [-0.05, 0) is 30.5 Å². The molecule has 0 radical (unpaired) electrons. The fourth-order valence-electron chi connectivity index (χ4n) is 3.55. The van der Waals surface area contributed by atoms with Crippen LogP contribution in [-0.4, -0.2) is 45.3 Å². The van der Waals surface area contributed by atoms with E-state index in [1.54, 1.807) is 16.7 Å². The van der Waals surface area contributed by atoms with Gasteiger partial charge in [-0.15, -0.1) is 0 Å². The monoisotopic (exact) mass is 385 g/mol. The molecule has 7 heteroatoms. The van der Waals surface area contributed by atoms with Crippen LogP contribution in [0.15, 0.2) is 24.3 Å². The average Bonchev–Trinajstić information content (AvgIpc) is 3.09. The van der Waals surface area contributed by atoms with Crippen LogP contribution in [0.25, 0.3) is 0 Å². The third-order valence-electron chi connectivity index (χ3n) is 5.45. The first kappa shape index (κ1) is 19.9. The summed E-state index contributed by atoms with van der Waals surface area (Å²) >= 11 is 0. The topological polar surface area (TPSA) is 84.7 Å². The molecular weight excluding hydrogens is 358 g/mol. The van der Waals surface area contributed by atoms with Gasteiger partial charge in [0.25, 0.3) is 0 Å². The summed E-state index contributed by atoms with van der Waals surface area (Å²) in [6, 6.07) is 7.82. The minimum Gasteiger partial charge on any atom is -0.497 e. The highest BCUT2D eigenvalue weighted by Crippen LogP contribution is 2.25. The number of fused-ring (bicyclic) bond motifs is 1. The number of methoxy groups -OCH3 is 1. The molecule has 1 aliphatic heterocycles. The van der Waals surface area contributed by atoms with Gasteiger partial charge < -0.3 is 14.7 Å². The number of carboxylic acid groups (broad SMARTS) is 1. The number of amides is 1. The van der Waals surface area contributed by atoms with E-state index in [0.717, 1.165) is 29.8 Å². The van der Waals surface area contributed by atoms with Gasteiger partial charge in [0.15, 0.2) is 5.69 Å². The zero-order valence-corrected chi connectivity index (χ0v) is 16.6. The van der Waals surface area contributed by atoms with Gasteiger partial charge >= 0.3 is 5.97 Å². The molecule has 1 aliphatic rings. The van der Waals surface area contributed by atoms with Crippen LogP contribution < -0.4 is 4.74 Å². The second-order valence-electron chi connectivity index (χ2n) is 7.22.